The maximum absolute atomic E-state index is 11.6. The lowest BCUT2D eigenvalue weighted by atomic mass is 10.0. The van der Waals surface area contributed by atoms with Gasteiger partial charge in [0, 0.05) is 13.3 Å². The molecule has 0 heterocycles. The molecule has 0 aliphatic rings. The van der Waals surface area contributed by atoms with Crippen LogP contribution in [-0.2, 0) is 19.1 Å². The van der Waals surface area contributed by atoms with Gasteiger partial charge < -0.3 is 14.6 Å². The Morgan fingerprint density at radius 2 is 1.18 bits per heavy atom. The van der Waals surface area contributed by atoms with Crippen LogP contribution >= 0.6 is 0 Å². The molecule has 166 valence electrons. The van der Waals surface area contributed by atoms with Crippen LogP contribution in [0.4, 0.5) is 0 Å². The summed E-state index contributed by atoms with van der Waals surface area (Å²) in [6.45, 7) is 3.11. The number of ether oxygens (including phenoxy) is 2. The smallest absolute Gasteiger partial charge is 0.305 e. The van der Waals surface area contributed by atoms with Crippen molar-refractivity contribution in [2.45, 2.75) is 123 Å². The summed E-state index contributed by atoms with van der Waals surface area (Å²) in [6, 6.07) is 0. The van der Waals surface area contributed by atoms with Gasteiger partial charge in [-0.05, 0) is 6.42 Å². The van der Waals surface area contributed by atoms with Crippen molar-refractivity contribution in [3.05, 3.63) is 0 Å². The molecule has 5 nitrogen and oxygen atoms in total. The molecule has 0 saturated heterocycles. The minimum Gasteiger partial charge on any atom is -0.462 e. The molecule has 5 heteroatoms. The van der Waals surface area contributed by atoms with Crippen LogP contribution in [-0.4, -0.2) is 36.4 Å². The summed E-state index contributed by atoms with van der Waals surface area (Å²) < 4.78 is 9.85. The first-order chi connectivity index (χ1) is 13.6. The van der Waals surface area contributed by atoms with Crippen molar-refractivity contribution in [3.8, 4) is 0 Å². The number of hydrogen-bond donors (Lipinski definition) is 1. The molecular weight excluding hydrogens is 356 g/mol. The average Bonchev–Trinajstić information content (AvgIpc) is 2.67. The highest BCUT2D eigenvalue weighted by atomic mass is 16.6. The molecule has 0 aromatic carbocycles. The molecule has 1 atom stereocenters. The number of esters is 2. The van der Waals surface area contributed by atoms with Gasteiger partial charge in [-0.2, -0.15) is 0 Å². The summed E-state index contributed by atoms with van der Waals surface area (Å²) in [5.74, 6) is -0.780. The first-order valence-corrected chi connectivity index (χ1v) is 11.5. The first-order valence-electron chi connectivity index (χ1n) is 11.5. The summed E-state index contributed by atoms with van der Waals surface area (Å²) in [6.07, 6.45) is 19.0. The summed E-state index contributed by atoms with van der Waals surface area (Å²) in [7, 11) is 0. The van der Waals surface area contributed by atoms with Crippen LogP contribution < -0.4 is 0 Å². The van der Waals surface area contributed by atoms with E-state index in [4.69, 9.17) is 14.6 Å². The second-order valence-electron chi connectivity index (χ2n) is 7.80. The Bertz CT molecular complexity index is 370. The van der Waals surface area contributed by atoms with Crippen molar-refractivity contribution in [2.75, 3.05) is 13.2 Å². The van der Waals surface area contributed by atoms with Crippen molar-refractivity contribution < 1.29 is 24.2 Å². The fourth-order valence-corrected chi connectivity index (χ4v) is 3.26. The quantitative estimate of drug-likeness (QED) is 0.209. The molecule has 0 aromatic rings. The number of aliphatic hydroxyl groups excluding tert-OH is 1. The number of carbonyl (C=O) groups excluding carboxylic acids is 2. The van der Waals surface area contributed by atoms with Crippen molar-refractivity contribution in [2.24, 2.45) is 0 Å². The van der Waals surface area contributed by atoms with Crippen LogP contribution in [0.3, 0.4) is 0 Å². The summed E-state index contributed by atoms with van der Waals surface area (Å²) >= 11 is 0. The zero-order valence-corrected chi connectivity index (χ0v) is 18.4. The molecule has 0 amide bonds. The van der Waals surface area contributed by atoms with Gasteiger partial charge in [0.1, 0.15) is 6.61 Å². The maximum Gasteiger partial charge on any atom is 0.305 e. The first kappa shape index (κ1) is 26.9. The fourth-order valence-electron chi connectivity index (χ4n) is 3.26. The molecule has 0 bridgehead atoms. The Morgan fingerprint density at radius 3 is 1.57 bits per heavy atom. The number of unbranched alkanes of at least 4 members (excludes halogenated alkanes) is 14. The molecule has 0 spiro atoms. The lowest BCUT2D eigenvalue weighted by Gasteiger charge is -2.14. The molecule has 0 aliphatic heterocycles. The van der Waals surface area contributed by atoms with E-state index in [9.17, 15) is 9.59 Å². The van der Waals surface area contributed by atoms with E-state index in [0.29, 0.717) is 6.42 Å². The third kappa shape index (κ3) is 19.7. The van der Waals surface area contributed by atoms with Gasteiger partial charge >= 0.3 is 11.9 Å². The average molecular weight is 401 g/mol. The third-order valence-electron chi connectivity index (χ3n) is 4.95. The van der Waals surface area contributed by atoms with Crippen LogP contribution in [0, 0.1) is 0 Å². The predicted octanol–water partition coefficient (Wildman–Crippen LogP) is 5.72. The molecule has 0 fully saturated rings. The summed E-state index contributed by atoms with van der Waals surface area (Å²) in [5, 5.41) is 9.04. The fraction of sp³-hybridized carbons (Fsp3) is 0.913. The van der Waals surface area contributed by atoms with Crippen molar-refractivity contribution in [1.29, 1.82) is 0 Å². The monoisotopic (exact) mass is 400 g/mol. The van der Waals surface area contributed by atoms with Gasteiger partial charge in [0.05, 0.1) is 6.61 Å². The van der Waals surface area contributed by atoms with Gasteiger partial charge in [0.15, 0.2) is 6.10 Å². The Hall–Kier alpha value is -1.10. The van der Waals surface area contributed by atoms with Gasteiger partial charge in [0.2, 0.25) is 0 Å². The highest BCUT2D eigenvalue weighted by molar-refractivity contribution is 5.69. The Kier molecular flexibility index (Phi) is 19.8. The molecule has 28 heavy (non-hydrogen) atoms. The molecule has 1 N–H and O–H groups in total. The zero-order chi connectivity index (χ0) is 20.9. The zero-order valence-electron chi connectivity index (χ0n) is 18.4. The minimum atomic E-state index is -0.762. The molecule has 0 saturated carbocycles. The largest absolute Gasteiger partial charge is 0.462 e. The summed E-state index contributed by atoms with van der Waals surface area (Å²) in [4.78, 5) is 22.5. The lowest BCUT2D eigenvalue weighted by Crippen LogP contribution is -2.27. The van der Waals surface area contributed by atoms with Crippen molar-refractivity contribution in [3.63, 3.8) is 0 Å². The number of aliphatic hydroxyl groups is 1. The highest BCUT2D eigenvalue weighted by Gasteiger charge is 2.13. The molecule has 0 radical (unpaired) electrons. The standard InChI is InChI=1S/C23H44O5/c1-3-4-5-6-7-8-9-10-11-12-13-14-15-16-17-18-23(26)27-20-22(19-24)28-21(2)25/h22,24H,3-20H2,1-2H3/t22-/m0/s1. The van der Waals surface area contributed by atoms with Gasteiger partial charge in [-0.1, -0.05) is 96.8 Å². The van der Waals surface area contributed by atoms with Crippen molar-refractivity contribution >= 4 is 11.9 Å². The van der Waals surface area contributed by atoms with E-state index in [2.05, 4.69) is 6.92 Å². The molecular formula is C23H44O5. The third-order valence-corrected chi connectivity index (χ3v) is 4.95. The second-order valence-corrected chi connectivity index (χ2v) is 7.80. The molecule has 0 rings (SSSR count). The minimum absolute atomic E-state index is 0.0757. The van der Waals surface area contributed by atoms with E-state index < -0.39 is 12.1 Å². The predicted molar refractivity (Wildman–Crippen MR) is 113 cm³/mol. The van der Waals surface area contributed by atoms with Gasteiger partial charge in [-0.15, -0.1) is 0 Å². The van der Waals surface area contributed by atoms with E-state index in [-0.39, 0.29) is 19.2 Å². The van der Waals surface area contributed by atoms with E-state index in [1.165, 1.54) is 84.0 Å². The lowest BCUT2D eigenvalue weighted by molar-refractivity contribution is -0.159. The topological polar surface area (TPSA) is 72.8 Å². The highest BCUT2D eigenvalue weighted by Crippen LogP contribution is 2.13. The Balaban J connectivity index is 3.30. The molecule has 0 aromatic heterocycles. The van der Waals surface area contributed by atoms with Crippen LogP contribution in [0.2, 0.25) is 0 Å². The van der Waals surface area contributed by atoms with Crippen molar-refractivity contribution in [1.82, 2.24) is 0 Å². The van der Waals surface area contributed by atoms with Gasteiger partial charge in [-0.3, -0.25) is 9.59 Å². The normalized spacial score (nSPS) is 12.0. The van der Waals surface area contributed by atoms with E-state index >= 15 is 0 Å². The van der Waals surface area contributed by atoms with Crippen LogP contribution in [0.5, 0.6) is 0 Å². The van der Waals surface area contributed by atoms with Crippen LogP contribution in [0.1, 0.15) is 117 Å². The maximum atomic E-state index is 11.6. The van der Waals surface area contributed by atoms with E-state index in [1.54, 1.807) is 0 Å². The van der Waals surface area contributed by atoms with E-state index in [1.807, 2.05) is 0 Å². The number of rotatable bonds is 20. The molecule has 0 aliphatic carbocycles. The second kappa shape index (κ2) is 20.6. The Morgan fingerprint density at radius 1 is 0.750 bits per heavy atom. The molecule has 0 unspecified atom stereocenters. The SMILES string of the molecule is CCCCCCCCCCCCCCCCCC(=O)OC[C@H](CO)OC(C)=O. The summed E-state index contributed by atoms with van der Waals surface area (Å²) in [5.41, 5.74) is 0. The van der Waals surface area contributed by atoms with Gasteiger partial charge in [-0.25, -0.2) is 0 Å². The van der Waals surface area contributed by atoms with Crippen LogP contribution in [0.25, 0.3) is 0 Å². The number of hydrogen-bond acceptors (Lipinski definition) is 5. The Labute approximate surface area is 172 Å². The van der Waals surface area contributed by atoms with Gasteiger partial charge in [0.25, 0.3) is 0 Å². The van der Waals surface area contributed by atoms with E-state index in [0.717, 1.165) is 19.3 Å². The van der Waals surface area contributed by atoms with Crippen LogP contribution in [0.15, 0.2) is 0 Å². The number of carbonyl (C=O) groups is 2.